The summed E-state index contributed by atoms with van der Waals surface area (Å²) < 4.78 is 13.1. The van der Waals surface area contributed by atoms with E-state index in [1.54, 1.807) is 12.1 Å². The zero-order valence-corrected chi connectivity index (χ0v) is 10.6. The van der Waals surface area contributed by atoms with Gasteiger partial charge in [0.15, 0.2) is 0 Å². The second-order valence-electron chi connectivity index (χ2n) is 5.82. The summed E-state index contributed by atoms with van der Waals surface area (Å²) in [7, 11) is 0. The fourth-order valence-corrected chi connectivity index (χ4v) is 3.06. The highest BCUT2D eigenvalue weighted by Gasteiger charge is 2.26. The maximum absolute atomic E-state index is 13.1. The van der Waals surface area contributed by atoms with E-state index in [4.69, 9.17) is 5.73 Å². The third-order valence-electron chi connectivity index (χ3n) is 3.73. The average Bonchev–Trinajstić information content (AvgIpc) is 2.68. The molecule has 2 rings (SSSR count). The highest BCUT2D eigenvalue weighted by Crippen LogP contribution is 2.32. The number of hydrogen-bond donors (Lipinski definition) is 1. The first-order valence-corrected chi connectivity index (χ1v) is 6.58. The van der Waals surface area contributed by atoms with Gasteiger partial charge >= 0.3 is 0 Å². The van der Waals surface area contributed by atoms with Crippen LogP contribution >= 0.6 is 0 Å². The van der Waals surface area contributed by atoms with Crippen LogP contribution in [0.15, 0.2) is 24.3 Å². The Balaban J connectivity index is 1.95. The standard InChI is InChI=1S/C15H22FN/c1-15(17,10-12-5-2-3-6-12)11-13-7-4-8-14(16)9-13/h4,7-9,12H,2-3,5-6,10-11,17H2,1H3. The minimum Gasteiger partial charge on any atom is -0.325 e. The van der Waals surface area contributed by atoms with Gasteiger partial charge in [-0.25, -0.2) is 4.39 Å². The zero-order chi connectivity index (χ0) is 12.3. The number of nitrogens with two attached hydrogens (primary N) is 1. The average molecular weight is 235 g/mol. The Morgan fingerprint density at radius 3 is 2.71 bits per heavy atom. The predicted molar refractivity (Wildman–Crippen MR) is 69.3 cm³/mol. The molecule has 0 amide bonds. The molecule has 1 atom stereocenters. The molecule has 1 fully saturated rings. The fraction of sp³-hybridized carbons (Fsp3) is 0.600. The van der Waals surface area contributed by atoms with Crippen molar-refractivity contribution in [3.8, 4) is 0 Å². The molecule has 2 heteroatoms. The lowest BCUT2D eigenvalue weighted by Gasteiger charge is -2.28. The highest BCUT2D eigenvalue weighted by molar-refractivity contribution is 5.18. The number of halogens is 1. The van der Waals surface area contributed by atoms with Crippen LogP contribution in [0.5, 0.6) is 0 Å². The molecule has 0 spiro atoms. The van der Waals surface area contributed by atoms with E-state index in [2.05, 4.69) is 6.92 Å². The summed E-state index contributed by atoms with van der Waals surface area (Å²) >= 11 is 0. The lowest BCUT2D eigenvalue weighted by Crippen LogP contribution is -2.40. The van der Waals surface area contributed by atoms with E-state index in [1.807, 2.05) is 6.07 Å². The molecule has 0 saturated heterocycles. The Morgan fingerprint density at radius 1 is 1.35 bits per heavy atom. The quantitative estimate of drug-likeness (QED) is 0.846. The highest BCUT2D eigenvalue weighted by atomic mass is 19.1. The van der Waals surface area contributed by atoms with E-state index in [0.717, 1.165) is 24.3 Å². The maximum atomic E-state index is 13.1. The van der Waals surface area contributed by atoms with Gasteiger partial charge in [0.2, 0.25) is 0 Å². The summed E-state index contributed by atoms with van der Waals surface area (Å²) in [6.07, 6.45) is 7.15. The molecule has 94 valence electrons. The van der Waals surface area contributed by atoms with Crippen molar-refractivity contribution in [3.05, 3.63) is 35.6 Å². The summed E-state index contributed by atoms with van der Waals surface area (Å²) in [5, 5.41) is 0. The van der Waals surface area contributed by atoms with Crippen molar-refractivity contribution >= 4 is 0 Å². The molecule has 1 aromatic carbocycles. The molecule has 0 heterocycles. The second-order valence-corrected chi connectivity index (χ2v) is 5.82. The first-order chi connectivity index (χ1) is 8.05. The van der Waals surface area contributed by atoms with Crippen LogP contribution in [-0.4, -0.2) is 5.54 Å². The van der Waals surface area contributed by atoms with Gasteiger partial charge in [-0.1, -0.05) is 37.8 Å². The molecule has 0 aromatic heterocycles. The van der Waals surface area contributed by atoms with Crippen molar-refractivity contribution in [1.29, 1.82) is 0 Å². The van der Waals surface area contributed by atoms with Gasteiger partial charge in [0.1, 0.15) is 5.82 Å². The van der Waals surface area contributed by atoms with Gasteiger partial charge in [-0.05, 0) is 43.4 Å². The van der Waals surface area contributed by atoms with Crippen molar-refractivity contribution in [2.75, 3.05) is 0 Å². The third-order valence-corrected chi connectivity index (χ3v) is 3.73. The van der Waals surface area contributed by atoms with Crippen LogP contribution in [-0.2, 0) is 6.42 Å². The van der Waals surface area contributed by atoms with Gasteiger partial charge in [0.05, 0.1) is 0 Å². The number of benzene rings is 1. The molecule has 2 N–H and O–H groups in total. The normalized spacial score (nSPS) is 20.4. The Labute approximate surface area is 103 Å². The molecular weight excluding hydrogens is 213 g/mol. The van der Waals surface area contributed by atoms with Crippen LogP contribution in [0.3, 0.4) is 0 Å². The lowest BCUT2D eigenvalue weighted by atomic mass is 9.84. The smallest absolute Gasteiger partial charge is 0.123 e. The Kier molecular flexibility index (Phi) is 3.82. The van der Waals surface area contributed by atoms with Crippen LogP contribution in [0.4, 0.5) is 4.39 Å². The molecule has 0 radical (unpaired) electrons. The number of hydrogen-bond acceptors (Lipinski definition) is 1. The van der Waals surface area contributed by atoms with Crippen molar-refractivity contribution in [1.82, 2.24) is 0 Å². The predicted octanol–water partition coefficient (Wildman–Crippen LogP) is 3.67. The second kappa shape index (κ2) is 5.18. The van der Waals surface area contributed by atoms with E-state index in [-0.39, 0.29) is 11.4 Å². The number of rotatable bonds is 4. The van der Waals surface area contributed by atoms with Crippen LogP contribution in [0, 0.1) is 11.7 Å². The summed E-state index contributed by atoms with van der Waals surface area (Å²) in [5.74, 6) is 0.609. The molecule has 0 bridgehead atoms. The maximum Gasteiger partial charge on any atom is 0.123 e. The summed E-state index contributed by atoms with van der Waals surface area (Å²) in [4.78, 5) is 0. The van der Waals surface area contributed by atoms with E-state index >= 15 is 0 Å². The topological polar surface area (TPSA) is 26.0 Å². The molecule has 1 aliphatic rings. The van der Waals surface area contributed by atoms with Gasteiger partial charge in [0, 0.05) is 5.54 Å². The molecule has 1 nitrogen and oxygen atoms in total. The van der Waals surface area contributed by atoms with E-state index in [0.29, 0.717) is 0 Å². The molecule has 1 aliphatic carbocycles. The molecule has 1 aromatic rings. The Hall–Kier alpha value is -0.890. The van der Waals surface area contributed by atoms with E-state index in [9.17, 15) is 4.39 Å². The zero-order valence-electron chi connectivity index (χ0n) is 10.6. The van der Waals surface area contributed by atoms with Crippen molar-refractivity contribution < 1.29 is 4.39 Å². The first-order valence-electron chi connectivity index (χ1n) is 6.58. The minimum absolute atomic E-state index is 0.167. The van der Waals surface area contributed by atoms with E-state index in [1.165, 1.54) is 31.7 Å². The fourth-order valence-electron chi connectivity index (χ4n) is 3.06. The molecule has 17 heavy (non-hydrogen) atoms. The SMILES string of the molecule is CC(N)(Cc1cccc(F)c1)CC1CCCC1. The molecule has 1 saturated carbocycles. The van der Waals surface area contributed by atoms with Crippen LogP contribution in [0.25, 0.3) is 0 Å². The van der Waals surface area contributed by atoms with Crippen LogP contribution < -0.4 is 5.73 Å². The monoisotopic (exact) mass is 235 g/mol. The first kappa shape index (κ1) is 12.6. The van der Waals surface area contributed by atoms with Crippen molar-refractivity contribution in [2.24, 2.45) is 11.7 Å². The van der Waals surface area contributed by atoms with Crippen molar-refractivity contribution in [3.63, 3.8) is 0 Å². The summed E-state index contributed by atoms with van der Waals surface area (Å²) in [6.45, 7) is 2.09. The van der Waals surface area contributed by atoms with Crippen molar-refractivity contribution in [2.45, 2.75) is 51.0 Å². The molecule has 0 aliphatic heterocycles. The largest absolute Gasteiger partial charge is 0.325 e. The summed E-state index contributed by atoms with van der Waals surface area (Å²) in [5.41, 5.74) is 7.16. The van der Waals surface area contributed by atoms with Gasteiger partial charge in [-0.2, -0.15) is 0 Å². The molecule has 1 unspecified atom stereocenters. The molecular formula is C15H22FN. The van der Waals surface area contributed by atoms with Gasteiger partial charge in [0.25, 0.3) is 0 Å². The minimum atomic E-state index is -0.206. The summed E-state index contributed by atoms with van der Waals surface area (Å²) in [6, 6.07) is 6.80. The lowest BCUT2D eigenvalue weighted by molar-refractivity contribution is 0.339. The van der Waals surface area contributed by atoms with E-state index < -0.39 is 0 Å². The van der Waals surface area contributed by atoms with Gasteiger partial charge in [-0.3, -0.25) is 0 Å². The van der Waals surface area contributed by atoms with Gasteiger partial charge < -0.3 is 5.73 Å². The Morgan fingerprint density at radius 2 is 2.06 bits per heavy atom. The third kappa shape index (κ3) is 3.81. The van der Waals surface area contributed by atoms with Crippen LogP contribution in [0.1, 0.15) is 44.6 Å². The Bertz CT molecular complexity index is 367. The van der Waals surface area contributed by atoms with Crippen LogP contribution in [0.2, 0.25) is 0 Å². The van der Waals surface area contributed by atoms with Gasteiger partial charge in [-0.15, -0.1) is 0 Å².